The Hall–Kier alpha value is -1.23. The van der Waals surface area contributed by atoms with Crippen molar-refractivity contribution >= 4 is 0 Å². The fourth-order valence-electron chi connectivity index (χ4n) is 2.71. The molecule has 0 aliphatic carbocycles. The van der Waals surface area contributed by atoms with Crippen LogP contribution >= 0.6 is 0 Å². The monoisotopic (exact) mass is 260 g/mol. The molecule has 1 aromatic heterocycles. The third-order valence-electron chi connectivity index (χ3n) is 4.26. The first-order valence-corrected chi connectivity index (χ1v) is 7.58. The van der Waals surface area contributed by atoms with Gasteiger partial charge in [-0.25, -0.2) is 0 Å². The summed E-state index contributed by atoms with van der Waals surface area (Å²) < 4.78 is 1.96. The highest BCUT2D eigenvalue weighted by Gasteiger charge is 2.27. The average molecular weight is 260 g/mol. The van der Waals surface area contributed by atoms with Gasteiger partial charge < -0.3 is 0 Å². The summed E-state index contributed by atoms with van der Waals surface area (Å²) in [6.07, 6.45) is 14.4. The molecule has 106 valence electrons. The summed E-state index contributed by atoms with van der Waals surface area (Å²) in [6.45, 7) is 6.85. The zero-order valence-electron chi connectivity index (χ0n) is 13.0. The summed E-state index contributed by atoms with van der Waals surface area (Å²) in [6, 6.07) is 2.08. The number of unbranched alkanes of at least 4 members (excludes halogenated alkanes) is 4. The van der Waals surface area contributed by atoms with E-state index < -0.39 is 0 Å². The molecule has 1 aromatic rings. The van der Waals surface area contributed by atoms with Crippen molar-refractivity contribution in [1.82, 2.24) is 9.78 Å². The van der Waals surface area contributed by atoms with Crippen molar-refractivity contribution in [2.24, 2.45) is 7.05 Å². The molecule has 0 saturated heterocycles. The lowest BCUT2D eigenvalue weighted by Gasteiger charge is -2.28. The summed E-state index contributed by atoms with van der Waals surface area (Å²) in [5.41, 5.74) is 2.23. The lowest BCUT2D eigenvalue weighted by molar-refractivity contribution is 0.369. The van der Waals surface area contributed by atoms with Crippen molar-refractivity contribution in [3.63, 3.8) is 0 Å². The molecule has 0 aliphatic rings. The van der Waals surface area contributed by atoms with E-state index in [-0.39, 0.29) is 5.41 Å². The van der Waals surface area contributed by atoms with Gasteiger partial charge in [0.1, 0.15) is 5.69 Å². The topological polar surface area (TPSA) is 17.8 Å². The number of nitrogens with zero attached hydrogens (tertiary/aromatic N) is 2. The SMILES string of the molecule is C#Cc1cc(C(C)(CC)CCCCCCC)n(C)n1. The number of rotatable bonds is 8. The molecule has 0 radical (unpaired) electrons. The van der Waals surface area contributed by atoms with Gasteiger partial charge in [0.2, 0.25) is 0 Å². The standard InChI is InChI=1S/C17H28N2/c1-6-9-10-11-12-13-17(4,8-3)16-14-15(7-2)18-19(16)5/h2,14H,6,8-13H2,1,3-5H3. The second-order valence-corrected chi connectivity index (χ2v) is 5.76. The van der Waals surface area contributed by atoms with Gasteiger partial charge in [-0.2, -0.15) is 5.10 Å². The van der Waals surface area contributed by atoms with Gasteiger partial charge in [-0.3, -0.25) is 4.68 Å². The van der Waals surface area contributed by atoms with Crippen LogP contribution in [0.2, 0.25) is 0 Å². The van der Waals surface area contributed by atoms with Gasteiger partial charge in [0.15, 0.2) is 0 Å². The molecular formula is C17H28N2. The molecule has 0 saturated carbocycles. The van der Waals surface area contributed by atoms with Crippen LogP contribution in [0.1, 0.15) is 77.1 Å². The van der Waals surface area contributed by atoms with Crippen molar-refractivity contribution in [3.8, 4) is 12.3 Å². The fourth-order valence-corrected chi connectivity index (χ4v) is 2.71. The number of aromatic nitrogens is 2. The van der Waals surface area contributed by atoms with Gasteiger partial charge in [0.25, 0.3) is 0 Å². The highest BCUT2D eigenvalue weighted by atomic mass is 15.3. The molecule has 0 bridgehead atoms. The summed E-state index contributed by atoms with van der Waals surface area (Å²) in [5.74, 6) is 2.64. The molecule has 0 aromatic carbocycles. The van der Waals surface area contributed by atoms with Gasteiger partial charge in [-0.15, -0.1) is 6.42 Å². The summed E-state index contributed by atoms with van der Waals surface area (Å²) in [5, 5.41) is 4.38. The molecule has 1 unspecified atom stereocenters. The van der Waals surface area contributed by atoms with Crippen LogP contribution in [-0.2, 0) is 12.5 Å². The van der Waals surface area contributed by atoms with E-state index in [4.69, 9.17) is 6.42 Å². The van der Waals surface area contributed by atoms with Gasteiger partial charge in [-0.1, -0.05) is 52.9 Å². The Bertz CT molecular complexity index is 425. The van der Waals surface area contributed by atoms with E-state index >= 15 is 0 Å². The Labute approximate surface area is 118 Å². The second kappa shape index (κ2) is 7.38. The zero-order valence-corrected chi connectivity index (χ0v) is 13.0. The number of hydrogen-bond donors (Lipinski definition) is 0. The van der Waals surface area contributed by atoms with Crippen LogP contribution in [0, 0.1) is 12.3 Å². The Balaban J connectivity index is 2.68. The molecule has 19 heavy (non-hydrogen) atoms. The lowest BCUT2D eigenvalue weighted by Crippen LogP contribution is -2.24. The largest absolute Gasteiger partial charge is 0.271 e. The highest BCUT2D eigenvalue weighted by molar-refractivity contribution is 5.29. The minimum atomic E-state index is 0.197. The molecule has 1 atom stereocenters. The maximum atomic E-state index is 5.45. The van der Waals surface area contributed by atoms with Crippen molar-refractivity contribution in [1.29, 1.82) is 0 Å². The number of aryl methyl sites for hydroxylation is 1. The van der Waals surface area contributed by atoms with E-state index in [1.807, 2.05) is 11.7 Å². The normalized spacial score (nSPS) is 14.1. The molecule has 0 spiro atoms. The molecule has 0 aliphatic heterocycles. The quantitative estimate of drug-likeness (QED) is 0.499. The summed E-state index contributed by atoms with van der Waals surface area (Å²) in [4.78, 5) is 0. The van der Waals surface area contributed by atoms with Crippen LogP contribution in [0.15, 0.2) is 6.07 Å². The predicted octanol–water partition coefficient (Wildman–Crippen LogP) is 4.43. The Kier molecular flexibility index (Phi) is 6.15. The van der Waals surface area contributed by atoms with E-state index in [0.29, 0.717) is 0 Å². The van der Waals surface area contributed by atoms with Crippen molar-refractivity contribution in [2.45, 2.75) is 71.1 Å². The first-order chi connectivity index (χ1) is 9.07. The molecule has 0 N–H and O–H groups in total. The Morgan fingerprint density at radius 1 is 1.26 bits per heavy atom. The predicted molar refractivity (Wildman–Crippen MR) is 82.2 cm³/mol. The lowest BCUT2D eigenvalue weighted by atomic mass is 9.79. The van der Waals surface area contributed by atoms with E-state index in [0.717, 1.165) is 12.1 Å². The van der Waals surface area contributed by atoms with Crippen LogP contribution in [0.4, 0.5) is 0 Å². The summed E-state index contributed by atoms with van der Waals surface area (Å²) in [7, 11) is 2.00. The van der Waals surface area contributed by atoms with E-state index in [1.165, 1.54) is 44.2 Å². The smallest absolute Gasteiger partial charge is 0.135 e. The van der Waals surface area contributed by atoms with Crippen LogP contribution in [0.25, 0.3) is 0 Å². The third-order valence-corrected chi connectivity index (χ3v) is 4.26. The zero-order chi connectivity index (χ0) is 14.3. The molecule has 2 heteroatoms. The first-order valence-electron chi connectivity index (χ1n) is 7.58. The van der Waals surface area contributed by atoms with Crippen LogP contribution in [0.3, 0.4) is 0 Å². The minimum Gasteiger partial charge on any atom is -0.271 e. The van der Waals surface area contributed by atoms with Crippen LogP contribution in [0.5, 0.6) is 0 Å². The number of terminal acetylenes is 1. The molecule has 1 heterocycles. The fraction of sp³-hybridized carbons (Fsp3) is 0.706. The maximum absolute atomic E-state index is 5.45. The Morgan fingerprint density at radius 2 is 1.95 bits per heavy atom. The van der Waals surface area contributed by atoms with Gasteiger partial charge >= 0.3 is 0 Å². The van der Waals surface area contributed by atoms with E-state index in [1.54, 1.807) is 0 Å². The van der Waals surface area contributed by atoms with Gasteiger partial charge in [-0.05, 0) is 24.8 Å². The Morgan fingerprint density at radius 3 is 2.47 bits per heavy atom. The van der Waals surface area contributed by atoms with Crippen LogP contribution in [-0.4, -0.2) is 9.78 Å². The second-order valence-electron chi connectivity index (χ2n) is 5.76. The van der Waals surface area contributed by atoms with Gasteiger partial charge in [0.05, 0.1) is 0 Å². The molecule has 1 rings (SSSR count). The highest BCUT2D eigenvalue weighted by Crippen LogP contribution is 2.33. The molecular weight excluding hydrogens is 232 g/mol. The average Bonchev–Trinajstić information content (AvgIpc) is 2.80. The van der Waals surface area contributed by atoms with E-state index in [9.17, 15) is 0 Å². The summed E-state index contributed by atoms with van der Waals surface area (Å²) >= 11 is 0. The van der Waals surface area contributed by atoms with Gasteiger partial charge in [0, 0.05) is 18.2 Å². The molecule has 0 amide bonds. The van der Waals surface area contributed by atoms with Crippen molar-refractivity contribution in [3.05, 3.63) is 17.5 Å². The van der Waals surface area contributed by atoms with Crippen molar-refractivity contribution in [2.75, 3.05) is 0 Å². The number of hydrogen-bond acceptors (Lipinski definition) is 1. The minimum absolute atomic E-state index is 0.197. The third kappa shape index (κ3) is 4.13. The molecule has 0 fully saturated rings. The maximum Gasteiger partial charge on any atom is 0.135 e. The van der Waals surface area contributed by atoms with Crippen LogP contribution < -0.4 is 0 Å². The van der Waals surface area contributed by atoms with Crippen molar-refractivity contribution < 1.29 is 0 Å². The molecule has 2 nitrogen and oxygen atoms in total. The van der Waals surface area contributed by atoms with E-state index in [2.05, 4.69) is 37.9 Å². The first kappa shape index (κ1) is 15.8.